The molecular weight excluding hydrogens is 308 g/mol. The maximum Gasteiger partial charge on any atom is 0.407 e. The molecule has 1 fully saturated rings. The Morgan fingerprint density at radius 3 is 2.92 bits per heavy atom. The minimum atomic E-state index is -0.476. The van der Waals surface area contributed by atoms with Crippen molar-refractivity contribution in [2.75, 3.05) is 13.1 Å². The molecule has 0 spiro atoms. The molecule has 1 atom stereocenters. The molecule has 1 amide bonds. The molecule has 0 unspecified atom stereocenters. The minimum Gasteiger partial charge on any atom is -0.444 e. The van der Waals surface area contributed by atoms with Gasteiger partial charge >= 0.3 is 6.09 Å². The quantitative estimate of drug-likeness (QED) is 0.859. The third-order valence-electron chi connectivity index (χ3n) is 3.95. The van der Waals surface area contributed by atoms with Crippen molar-refractivity contribution >= 4 is 6.09 Å². The van der Waals surface area contributed by atoms with Gasteiger partial charge in [0, 0.05) is 19.0 Å². The van der Waals surface area contributed by atoms with Crippen LogP contribution in [0.2, 0.25) is 0 Å². The van der Waals surface area contributed by atoms with Gasteiger partial charge in [-0.15, -0.1) is 0 Å². The number of nitrogens with one attached hydrogen (secondary N) is 1. The van der Waals surface area contributed by atoms with E-state index < -0.39 is 5.60 Å². The van der Waals surface area contributed by atoms with E-state index in [0.717, 1.165) is 38.1 Å². The molecule has 0 aromatic carbocycles. The van der Waals surface area contributed by atoms with Crippen molar-refractivity contribution in [1.29, 1.82) is 0 Å². The Morgan fingerprint density at radius 1 is 1.42 bits per heavy atom. The first-order chi connectivity index (χ1) is 11.4. The molecule has 7 nitrogen and oxygen atoms in total. The Bertz CT molecular complexity index is 524. The smallest absolute Gasteiger partial charge is 0.407 e. The summed E-state index contributed by atoms with van der Waals surface area (Å²) in [5, 5.41) is 6.95. The number of rotatable bonds is 6. The first-order valence-corrected chi connectivity index (χ1v) is 8.89. The number of amides is 1. The molecule has 2 heterocycles. The van der Waals surface area contributed by atoms with Gasteiger partial charge in [-0.05, 0) is 46.6 Å². The van der Waals surface area contributed by atoms with Crippen molar-refractivity contribution in [3.63, 3.8) is 0 Å². The van der Waals surface area contributed by atoms with Gasteiger partial charge in [0.15, 0.2) is 5.82 Å². The van der Waals surface area contributed by atoms with Crippen LogP contribution in [0.1, 0.15) is 65.1 Å². The van der Waals surface area contributed by atoms with Gasteiger partial charge in [0.05, 0.1) is 6.54 Å². The van der Waals surface area contributed by atoms with Crippen molar-refractivity contribution in [3.05, 3.63) is 11.7 Å². The molecule has 24 heavy (non-hydrogen) atoms. The maximum atomic E-state index is 11.9. The zero-order valence-electron chi connectivity index (χ0n) is 15.3. The number of aromatic nitrogens is 2. The van der Waals surface area contributed by atoms with Gasteiger partial charge in [-0.2, -0.15) is 4.98 Å². The summed E-state index contributed by atoms with van der Waals surface area (Å²) in [5.74, 6) is 1.43. The summed E-state index contributed by atoms with van der Waals surface area (Å²) in [7, 11) is 0. The number of hydrogen-bond acceptors (Lipinski definition) is 6. The fourth-order valence-corrected chi connectivity index (χ4v) is 2.87. The Hall–Kier alpha value is -1.63. The standard InChI is InChI=1S/C17H30N4O3/c1-5-8-15-19-14(20-24-15)12-21-10-7-6-9-13(21)11-18-16(22)23-17(2,3)4/h13H,5-12H2,1-4H3,(H,18,22)/t13-/m0/s1. The second-order valence-electron chi connectivity index (χ2n) is 7.36. The molecule has 0 radical (unpaired) electrons. The fourth-order valence-electron chi connectivity index (χ4n) is 2.87. The number of aryl methyl sites for hydroxylation is 1. The zero-order valence-corrected chi connectivity index (χ0v) is 15.3. The topological polar surface area (TPSA) is 80.5 Å². The van der Waals surface area contributed by atoms with Crippen LogP contribution < -0.4 is 5.32 Å². The molecule has 0 aliphatic carbocycles. The van der Waals surface area contributed by atoms with E-state index in [1.165, 1.54) is 6.42 Å². The normalized spacial score (nSPS) is 19.2. The summed E-state index contributed by atoms with van der Waals surface area (Å²) in [6, 6.07) is 0.277. The molecule has 1 N–H and O–H groups in total. The predicted octanol–water partition coefficient (Wildman–Crippen LogP) is 2.90. The molecule has 7 heteroatoms. The van der Waals surface area contributed by atoms with Crippen molar-refractivity contribution in [2.24, 2.45) is 0 Å². The predicted molar refractivity (Wildman–Crippen MR) is 90.6 cm³/mol. The molecule has 2 rings (SSSR count). The van der Waals surface area contributed by atoms with E-state index in [-0.39, 0.29) is 12.1 Å². The molecule has 1 aromatic heterocycles. The molecule has 0 bridgehead atoms. The third-order valence-corrected chi connectivity index (χ3v) is 3.95. The van der Waals surface area contributed by atoms with Gasteiger partial charge in [0.2, 0.25) is 5.89 Å². The number of piperidine rings is 1. The van der Waals surface area contributed by atoms with Crippen LogP contribution in [-0.2, 0) is 17.7 Å². The highest BCUT2D eigenvalue weighted by Gasteiger charge is 2.25. The third kappa shape index (κ3) is 6.11. The SMILES string of the molecule is CCCc1nc(CN2CCCC[C@H]2CNC(=O)OC(C)(C)C)no1. The lowest BCUT2D eigenvalue weighted by atomic mass is 10.0. The minimum absolute atomic E-state index is 0.277. The number of carbonyl (C=O) groups is 1. The Kier molecular flexibility index (Phi) is 6.60. The number of likely N-dealkylation sites (tertiary alicyclic amines) is 1. The molecule has 1 aliphatic rings. The number of nitrogens with zero attached hydrogens (tertiary/aromatic N) is 3. The van der Waals surface area contributed by atoms with Crippen LogP contribution >= 0.6 is 0 Å². The van der Waals surface area contributed by atoms with Crippen LogP contribution in [0.15, 0.2) is 4.52 Å². The summed E-state index contributed by atoms with van der Waals surface area (Å²) in [5.41, 5.74) is -0.476. The van der Waals surface area contributed by atoms with Gasteiger partial charge in [0.25, 0.3) is 0 Å². The maximum absolute atomic E-state index is 11.9. The van der Waals surface area contributed by atoms with Crippen LogP contribution in [-0.4, -0.2) is 45.9 Å². The summed E-state index contributed by atoms with van der Waals surface area (Å²) in [6.45, 7) is 9.91. The van der Waals surface area contributed by atoms with Gasteiger partial charge in [0.1, 0.15) is 5.60 Å². The van der Waals surface area contributed by atoms with Crippen molar-refractivity contribution in [2.45, 2.75) is 78.0 Å². The second kappa shape index (κ2) is 8.46. The molecule has 136 valence electrons. The van der Waals surface area contributed by atoms with E-state index >= 15 is 0 Å². The van der Waals surface area contributed by atoms with Crippen LogP contribution in [0, 0.1) is 0 Å². The highest BCUT2D eigenvalue weighted by atomic mass is 16.6. The number of ether oxygens (including phenoxy) is 1. The highest BCUT2D eigenvalue weighted by molar-refractivity contribution is 5.67. The Labute approximate surface area is 144 Å². The Morgan fingerprint density at radius 2 is 2.21 bits per heavy atom. The molecule has 1 aliphatic heterocycles. The van der Waals surface area contributed by atoms with Crippen LogP contribution in [0.5, 0.6) is 0 Å². The van der Waals surface area contributed by atoms with Gasteiger partial charge in [-0.25, -0.2) is 4.79 Å². The van der Waals surface area contributed by atoms with E-state index in [2.05, 4.69) is 27.3 Å². The molecule has 0 saturated carbocycles. The van der Waals surface area contributed by atoms with Gasteiger partial charge < -0.3 is 14.6 Å². The van der Waals surface area contributed by atoms with E-state index in [4.69, 9.17) is 9.26 Å². The Balaban J connectivity index is 1.86. The lowest BCUT2D eigenvalue weighted by Crippen LogP contribution is -2.47. The zero-order chi connectivity index (χ0) is 17.6. The highest BCUT2D eigenvalue weighted by Crippen LogP contribution is 2.19. The van der Waals surface area contributed by atoms with E-state index in [0.29, 0.717) is 19.0 Å². The first-order valence-electron chi connectivity index (χ1n) is 8.89. The summed E-state index contributed by atoms with van der Waals surface area (Å²) in [4.78, 5) is 18.6. The van der Waals surface area contributed by atoms with Crippen LogP contribution in [0.25, 0.3) is 0 Å². The lowest BCUT2D eigenvalue weighted by molar-refractivity contribution is 0.0490. The average molecular weight is 338 g/mol. The first kappa shape index (κ1) is 18.7. The number of carbonyl (C=O) groups excluding carboxylic acids is 1. The lowest BCUT2D eigenvalue weighted by Gasteiger charge is -2.35. The van der Waals surface area contributed by atoms with E-state index in [1.807, 2.05) is 20.8 Å². The van der Waals surface area contributed by atoms with Crippen molar-refractivity contribution in [1.82, 2.24) is 20.4 Å². The summed E-state index contributed by atoms with van der Waals surface area (Å²) in [6.07, 6.45) is 4.82. The summed E-state index contributed by atoms with van der Waals surface area (Å²) < 4.78 is 10.6. The van der Waals surface area contributed by atoms with Gasteiger partial charge in [-0.1, -0.05) is 18.5 Å². The summed E-state index contributed by atoms with van der Waals surface area (Å²) >= 11 is 0. The largest absolute Gasteiger partial charge is 0.444 e. The fraction of sp³-hybridized carbons (Fsp3) is 0.824. The molecule has 1 saturated heterocycles. The molecular formula is C17H30N4O3. The number of alkyl carbamates (subject to hydrolysis) is 1. The number of hydrogen-bond donors (Lipinski definition) is 1. The second-order valence-corrected chi connectivity index (χ2v) is 7.36. The van der Waals surface area contributed by atoms with Crippen molar-refractivity contribution < 1.29 is 14.1 Å². The average Bonchev–Trinajstić information content (AvgIpc) is 2.92. The van der Waals surface area contributed by atoms with Gasteiger partial charge in [-0.3, -0.25) is 4.90 Å². The molecule has 1 aromatic rings. The van der Waals surface area contributed by atoms with Crippen LogP contribution in [0.4, 0.5) is 4.79 Å². The van der Waals surface area contributed by atoms with E-state index in [1.54, 1.807) is 0 Å². The van der Waals surface area contributed by atoms with E-state index in [9.17, 15) is 4.79 Å². The monoisotopic (exact) mass is 338 g/mol. The van der Waals surface area contributed by atoms with Crippen LogP contribution in [0.3, 0.4) is 0 Å². The van der Waals surface area contributed by atoms with Crippen molar-refractivity contribution in [3.8, 4) is 0 Å².